The summed E-state index contributed by atoms with van der Waals surface area (Å²) in [7, 11) is 2.90. The third kappa shape index (κ3) is 3.60. The minimum Gasteiger partial charge on any atom is -0.493 e. The maximum absolute atomic E-state index is 12.3. The third-order valence-corrected chi connectivity index (χ3v) is 6.46. The number of fused-ring (bicyclic) bond motifs is 3. The molecule has 0 spiro atoms. The topological polar surface area (TPSA) is 80.6 Å². The molecule has 0 saturated carbocycles. The van der Waals surface area contributed by atoms with Crippen LogP contribution in [-0.4, -0.2) is 36.0 Å². The lowest BCUT2D eigenvalue weighted by atomic mass is 9.95. The Hall–Kier alpha value is -3.52. The summed E-state index contributed by atoms with van der Waals surface area (Å²) in [6, 6.07) is 19.1. The monoisotopic (exact) mass is 508 g/mol. The van der Waals surface area contributed by atoms with Gasteiger partial charge in [0.15, 0.2) is 11.5 Å². The van der Waals surface area contributed by atoms with Crippen molar-refractivity contribution in [3.8, 4) is 17.2 Å². The van der Waals surface area contributed by atoms with Gasteiger partial charge in [0, 0.05) is 22.0 Å². The first kappa shape index (κ1) is 21.3. The summed E-state index contributed by atoms with van der Waals surface area (Å²) in [5, 5.41) is 16.8. The van der Waals surface area contributed by atoms with Crippen molar-refractivity contribution in [2.24, 2.45) is 5.10 Å². The van der Waals surface area contributed by atoms with E-state index in [1.165, 1.54) is 14.2 Å². The first-order chi connectivity index (χ1) is 16.0. The summed E-state index contributed by atoms with van der Waals surface area (Å²) >= 11 is 3.48. The van der Waals surface area contributed by atoms with E-state index in [4.69, 9.17) is 19.3 Å². The highest BCUT2D eigenvalue weighted by Gasteiger charge is 2.43. The van der Waals surface area contributed by atoms with Crippen LogP contribution in [0.5, 0.6) is 17.2 Å². The Balaban J connectivity index is 1.66. The van der Waals surface area contributed by atoms with Crippen molar-refractivity contribution in [3.05, 3.63) is 87.4 Å². The molecule has 33 heavy (non-hydrogen) atoms. The second kappa shape index (κ2) is 8.44. The average molecular weight is 509 g/mol. The van der Waals surface area contributed by atoms with E-state index >= 15 is 0 Å². The zero-order chi connectivity index (χ0) is 23.1. The Morgan fingerprint density at radius 3 is 2.52 bits per heavy atom. The van der Waals surface area contributed by atoms with E-state index in [1.54, 1.807) is 12.1 Å². The minimum atomic E-state index is -1.13. The lowest BCUT2D eigenvalue weighted by molar-refractivity contribution is -0.0199. The molecule has 3 aromatic carbocycles. The molecular weight excluding hydrogens is 488 g/mol. The van der Waals surface area contributed by atoms with Crippen molar-refractivity contribution in [2.75, 3.05) is 14.2 Å². The first-order valence-corrected chi connectivity index (χ1v) is 11.2. The van der Waals surface area contributed by atoms with Crippen LogP contribution in [0.1, 0.15) is 45.7 Å². The molecule has 0 fully saturated rings. The zero-order valence-electron chi connectivity index (χ0n) is 18.0. The molecule has 2 aliphatic heterocycles. The number of carboxylic acids is 1. The molecule has 0 amide bonds. The number of carbonyl (C=O) groups is 1. The number of hydrazone groups is 1. The summed E-state index contributed by atoms with van der Waals surface area (Å²) in [6.07, 6.45) is -0.0717. The standard InChI is InChI=1S/C25H21BrN2O5/c1-31-21-12-11-17(22(25(29)30)23(21)32-2)24-28-19(16-5-3-4-6-20(16)33-24)13-18(27-28)14-7-9-15(26)10-8-14/h3-12,19,24H,13H2,1-2H3,(H,29,30). The van der Waals surface area contributed by atoms with E-state index < -0.39 is 12.2 Å². The molecule has 2 atom stereocenters. The van der Waals surface area contributed by atoms with Crippen LogP contribution in [0.3, 0.4) is 0 Å². The number of ether oxygens (including phenoxy) is 3. The molecule has 0 saturated heterocycles. The molecule has 0 aliphatic carbocycles. The van der Waals surface area contributed by atoms with E-state index in [-0.39, 0.29) is 17.4 Å². The summed E-state index contributed by atoms with van der Waals surface area (Å²) in [4.78, 5) is 12.3. The zero-order valence-corrected chi connectivity index (χ0v) is 19.6. The maximum Gasteiger partial charge on any atom is 0.340 e. The lowest BCUT2D eigenvalue weighted by Gasteiger charge is -2.38. The third-order valence-electron chi connectivity index (χ3n) is 5.93. The summed E-state index contributed by atoms with van der Waals surface area (Å²) < 4.78 is 18.1. The second-order valence-corrected chi connectivity index (χ2v) is 8.65. The Bertz CT molecular complexity index is 1260. The van der Waals surface area contributed by atoms with E-state index in [0.29, 0.717) is 23.5 Å². The molecule has 0 aromatic heterocycles. The van der Waals surface area contributed by atoms with Gasteiger partial charge in [0.2, 0.25) is 6.23 Å². The number of halogens is 1. The van der Waals surface area contributed by atoms with Gasteiger partial charge in [-0.3, -0.25) is 0 Å². The Morgan fingerprint density at radius 2 is 1.82 bits per heavy atom. The summed E-state index contributed by atoms with van der Waals surface area (Å²) in [5.41, 5.74) is 3.37. The molecule has 5 rings (SSSR count). The van der Waals surface area contributed by atoms with Crippen LogP contribution in [-0.2, 0) is 0 Å². The van der Waals surface area contributed by atoms with Crippen LogP contribution in [0.25, 0.3) is 0 Å². The van der Waals surface area contributed by atoms with Crippen molar-refractivity contribution in [1.82, 2.24) is 5.01 Å². The number of hydrogen-bond acceptors (Lipinski definition) is 6. The first-order valence-electron chi connectivity index (χ1n) is 10.4. The molecule has 2 aliphatic rings. The highest BCUT2D eigenvalue weighted by molar-refractivity contribution is 9.10. The normalized spacial score (nSPS) is 18.6. The van der Waals surface area contributed by atoms with Gasteiger partial charge < -0.3 is 19.3 Å². The van der Waals surface area contributed by atoms with Gasteiger partial charge in [0.25, 0.3) is 0 Å². The van der Waals surface area contributed by atoms with Crippen molar-refractivity contribution < 1.29 is 24.1 Å². The van der Waals surface area contributed by atoms with Gasteiger partial charge in [-0.25, -0.2) is 9.80 Å². The van der Waals surface area contributed by atoms with E-state index in [1.807, 2.05) is 53.5 Å². The molecule has 7 nitrogen and oxygen atoms in total. The number of carboxylic acid groups (broad SMARTS) is 1. The van der Waals surface area contributed by atoms with Crippen molar-refractivity contribution >= 4 is 27.6 Å². The largest absolute Gasteiger partial charge is 0.493 e. The van der Waals surface area contributed by atoms with Gasteiger partial charge in [-0.15, -0.1) is 0 Å². The molecule has 8 heteroatoms. The fourth-order valence-corrected chi connectivity index (χ4v) is 4.69. The van der Waals surface area contributed by atoms with Crippen molar-refractivity contribution in [1.29, 1.82) is 0 Å². The maximum atomic E-state index is 12.3. The highest BCUT2D eigenvalue weighted by atomic mass is 79.9. The van der Waals surface area contributed by atoms with E-state index in [9.17, 15) is 9.90 Å². The van der Waals surface area contributed by atoms with Gasteiger partial charge >= 0.3 is 5.97 Å². The predicted molar refractivity (Wildman–Crippen MR) is 126 cm³/mol. The van der Waals surface area contributed by atoms with Crippen LogP contribution >= 0.6 is 15.9 Å². The molecule has 0 bridgehead atoms. The second-order valence-electron chi connectivity index (χ2n) is 7.73. The van der Waals surface area contributed by atoms with Crippen LogP contribution in [0.4, 0.5) is 0 Å². The summed E-state index contributed by atoms with van der Waals surface area (Å²) in [6.45, 7) is 0. The molecule has 0 radical (unpaired) electrons. The lowest BCUT2D eigenvalue weighted by Crippen LogP contribution is -2.34. The van der Waals surface area contributed by atoms with Crippen LogP contribution < -0.4 is 14.2 Å². The number of rotatable bonds is 5. The quantitative estimate of drug-likeness (QED) is 0.496. The Morgan fingerprint density at radius 1 is 1.06 bits per heavy atom. The molecular formula is C25H21BrN2O5. The predicted octanol–water partition coefficient (Wildman–Crippen LogP) is 5.41. The number of hydrogen-bond donors (Lipinski definition) is 1. The van der Waals surface area contributed by atoms with Crippen LogP contribution in [0, 0.1) is 0 Å². The van der Waals surface area contributed by atoms with E-state index in [2.05, 4.69) is 15.9 Å². The Kier molecular flexibility index (Phi) is 5.46. The van der Waals surface area contributed by atoms with Gasteiger partial charge in [-0.1, -0.05) is 46.3 Å². The van der Waals surface area contributed by atoms with Crippen molar-refractivity contribution in [2.45, 2.75) is 18.7 Å². The van der Waals surface area contributed by atoms with Crippen LogP contribution in [0.2, 0.25) is 0 Å². The number of benzene rings is 3. The molecule has 1 N–H and O–H groups in total. The highest BCUT2D eigenvalue weighted by Crippen LogP contribution is 2.49. The smallest absolute Gasteiger partial charge is 0.340 e. The van der Waals surface area contributed by atoms with Gasteiger partial charge in [0.05, 0.1) is 26.0 Å². The minimum absolute atomic E-state index is 0.00715. The number of nitrogens with zero attached hydrogens (tertiary/aromatic N) is 2. The molecule has 168 valence electrons. The molecule has 3 aromatic rings. The molecule has 2 unspecified atom stereocenters. The average Bonchev–Trinajstić information content (AvgIpc) is 3.28. The SMILES string of the molecule is COc1ccc(C2Oc3ccccc3C3CC(c4ccc(Br)cc4)=NN32)c(C(=O)O)c1OC. The fourth-order valence-electron chi connectivity index (χ4n) is 4.42. The fraction of sp³-hybridized carbons (Fsp3) is 0.200. The van der Waals surface area contributed by atoms with Gasteiger partial charge in [-0.2, -0.15) is 5.10 Å². The Labute approximate surface area is 199 Å². The van der Waals surface area contributed by atoms with Crippen molar-refractivity contribution in [3.63, 3.8) is 0 Å². The van der Waals surface area contributed by atoms with Gasteiger partial charge in [-0.05, 0) is 35.9 Å². The molecule has 2 heterocycles. The summed E-state index contributed by atoms with van der Waals surface area (Å²) in [5.74, 6) is 0.0721. The number of aromatic carboxylic acids is 1. The van der Waals surface area contributed by atoms with E-state index in [0.717, 1.165) is 21.3 Å². The number of para-hydroxylation sites is 1. The van der Waals surface area contributed by atoms with Crippen LogP contribution in [0.15, 0.2) is 70.2 Å². The van der Waals surface area contributed by atoms with Gasteiger partial charge in [0.1, 0.15) is 11.3 Å². The number of methoxy groups -OCH3 is 2.